The first-order valence-electron chi connectivity index (χ1n) is 7.89. The number of nitrogens with zero attached hydrogens (tertiary/aromatic N) is 3. The molecule has 1 aromatic carbocycles. The van der Waals surface area contributed by atoms with Crippen molar-refractivity contribution in [2.75, 3.05) is 14.1 Å². The molecule has 0 unspecified atom stereocenters. The van der Waals surface area contributed by atoms with E-state index in [4.69, 9.17) is 0 Å². The first kappa shape index (κ1) is 16.7. The topological polar surface area (TPSA) is 49.6 Å². The molecular formula is C18H22N4OS. The Kier molecular flexibility index (Phi) is 4.69. The van der Waals surface area contributed by atoms with Crippen molar-refractivity contribution in [1.82, 2.24) is 19.6 Å². The zero-order valence-electron chi connectivity index (χ0n) is 14.4. The average Bonchev–Trinajstić information content (AvgIpc) is 3.01. The molecule has 0 bridgehead atoms. The molecule has 0 spiro atoms. The lowest BCUT2D eigenvalue weighted by Crippen LogP contribution is -2.36. The lowest BCUT2D eigenvalue weighted by atomic mass is 10.0. The van der Waals surface area contributed by atoms with Crippen molar-refractivity contribution in [1.29, 1.82) is 0 Å². The molecule has 1 amide bonds. The lowest BCUT2D eigenvalue weighted by Gasteiger charge is -2.24. The highest BCUT2D eigenvalue weighted by atomic mass is 32.1. The SMILES string of the molecule is Cc1cccc([C@@H](C(=O)NCc2cn3cc(C)sc3n2)N(C)C)c1. The zero-order valence-corrected chi connectivity index (χ0v) is 15.2. The number of hydrogen-bond donors (Lipinski definition) is 1. The number of benzene rings is 1. The lowest BCUT2D eigenvalue weighted by molar-refractivity contribution is -0.126. The van der Waals surface area contributed by atoms with E-state index in [0.29, 0.717) is 6.54 Å². The Hall–Kier alpha value is -2.18. The summed E-state index contributed by atoms with van der Waals surface area (Å²) in [4.78, 5) is 21.4. The van der Waals surface area contributed by atoms with Crippen LogP contribution in [0.4, 0.5) is 0 Å². The number of rotatable bonds is 5. The van der Waals surface area contributed by atoms with Gasteiger partial charge in [-0.2, -0.15) is 0 Å². The van der Waals surface area contributed by atoms with Crippen LogP contribution in [-0.4, -0.2) is 34.3 Å². The summed E-state index contributed by atoms with van der Waals surface area (Å²) in [5, 5.41) is 3.01. The molecule has 0 radical (unpaired) electrons. The van der Waals surface area contributed by atoms with Crippen LogP contribution in [0.25, 0.3) is 4.96 Å². The zero-order chi connectivity index (χ0) is 17.3. The number of hydrogen-bond acceptors (Lipinski definition) is 4. The molecule has 1 N–H and O–H groups in total. The van der Waals surface area contributed by atoms with Crippen molar-refractivity contribution in [3.8, 4) is 0 Å². The molecule has 24 heavy (non-hydrogen) atoms. The van der Waals surface area contributed by atoms with Gasteiger partial charge in [-0.15, -0.1) is 11.3 Å². The molecule has 6 heteroatoms. The van der Waals surface area contributed by atoms with E-state index in [1.807, 2.05) is 60.9 Å². The molecule has 0 saturated carbocycles. The second-order valence-electron chi connectivity index (χ2n) is 6.26. The van der Waals surface area contributed by atoms with Gasteiger partial charge in [-0.25, -0.2) is 4.98 Å². The minimum absolute atomic E-state index is 0.0156. The standard InChI is InChI=1S/C18H22N4OS/c1-12-6-5-7-14(8-12)16(21(3)4)17(23)19-9-15-11-22-10-13(2)24-18(22)20-15/h5-8,10-11,16H,9H2,1-4H3,(H,19,23)/t16-/m0/s1. The number of fused-ring (bicyclic) bond motifs is 1. The third-order valence-corrected chi connectivity index (χ3v) is 4.80. The number of thiazole rings is 1. The van der Waals surface area contributed by atoms with Gasteiger partial charge in [-0.05, 0) is 33.5 Å². The minimum Gasteiger partial charge on any atom is -0.349 e. The molecule has 3 rings (SSSR count). The first-order chi connectivity index (χ1) is 11.4. The summed E-state index contributed by atoms with van der Waals surface area (Å²) in [6, 6.07) is 7.76. The Bertz CT molecular complexity index is 833. The Morgan fingerprint density at radius 2 is 2.12 bits per heavy atom. The van der Waals surface area contributed by atoms with Crippen LogP contribution in [-0.2, 0) is 11.3 Å². The van der Waals surface area contributed by atoms with Crippen molar-refractivity contribution < 1.29 is 4.79 Å². The van der Waals surface area contributed by atoms with Crippen LogP contribution in [0.2, 0.25) is 0 Å². The first-order valence-corrected chi connectivity index (χ1v) is 8.70. The van der Waals surface area contributed by atoms with Crippen LogP contribution in [0.15, 0.2) is 36.7 Å². The Morgan fingerprint density at radius 3 is 2.79 bits per heavy atom. The van der Waals surface area contributed by atoms with E-state index in [1.54, 1.807) is 11.3 Å². The predicted molar refractivity (Wildman–Crippen MR) is 97.3 cm³/mol. The second-order valence-corrected chi connectivity index (χ2v) is 7.48. The molecule has 5 nitrogen and oxygen atoms in total. The molecule has 0 aliphatic heterocycles. The molecule has 126 valence electrons. The fraction of sp³-hybridized carbons (Fsp3) is 0.333. The fourth-order valence-electron chi connectivity index (χ4n) is 2.84. The van der Waals surface area contributed by atoms with E-state index in [-0.39, 0.29) is 11.9 Å². The predicted octanol–water partition coefficient (Wildman–Crippen LogP) is 2.93. The Balaban J connectivity index is 1.72. The summed E-state index contributed by atoms with van der Waals surface area (Å²) in [5.74, 6) is -0.0156. The molecule has 2 aromatic heterocycles. The number of carbonyl (C=O) groups excluding carboxylic acids is 1. The number of nitrogens with one attached hydrogen (secondary N) is 1. The normalized spacial score (nSPS) is 12.7. The molecule has 1 atom stereocenters. The third-order valence-electron chi connectivity index (χ3n) is 3.89. The van der Waals surface area contributed by atoms with E-state index in [9.17, 15) is 4.79 Å². The van der Waals surface area contributed by atoms with Crippen LogP contribution in [0, 0.1) is 13.8 Å². The van der Waals surface area contributed by atoms with Crippen LogP contribution < -0.4 is 5.32 Å². The molecule has 3 aromatic rings. The molecular weight excluding hydrogens is 320 g/mol. The van der Waals surface area contributed by atoms with Gasteiger partial charge in [0, 0.05) is 17.3 Å². The minimum atomic E-state index is -0.309. The van der Waals surface area contributed by atoms with E-state index in [1.165, 1.54) is 4.88 Å². The number of imidazole rings is 1. The highest BCUT2D eigenvalue weighted by Crippen LogP contribution is 2.20. The van der Waals surface area contributed by atoms with Crippen molar-refractivity contribution in [3.05, 3.63) is 58.4 Å². The summed E-state index contributed by atoms with van der Waals surface area (Å²) >= 11 is 1.65. The number of likely N-dealkylation sites (N-methyl/N-ethyl adjacent to an activating group) is 1. The van der Waals surface area contributed by atoms with E-state index >= 15 is 0 Å². The van der Waals surface area contributed by atoms with Crippen molar-refractivity contribution in [3.63, 3.8) is 0 Å². The maximum Gasteiger partial charge on any atom is 0.242 e. The van der Waals surface area contributed by atoms with Crippen molar-refractivity contribution in [2.45, 2.75) is 26.4 Å². The molecule has 0 fully saturated rings. The van der Waals surface area contributed by atoms with E-state index < -0.39 is 0 Å². The summed E-state index contributed by atoms with van der Waals surface area (Å²) < 4.78 is 2.01. The van der Waals surface area contributed by atoms with Gasteiger partial charge in [0.05, 0.1) is 12.2 Å². The fourth-order valence-corrected chi connectivity index (χ4v) is 3.67. The van der Waals surface area contributed by atoms with Crippen LogP contribution >= 0.6 is 11.3 Å². The number of aryl methyl sites for hydroxylation is 2. The van der Waals surface area contributed by atoms with E-state index in [2.05, 4.69) is 23.3 Å². The van der Waals surface area contributed by atoms with Gasteiger partial charge >= 0.3 is 0 Å². The van der Waals surface area contributed by atoms with Gasteiger partial charge in [0.15, 0.2) is 4.96 Å². The highest BCUT2D eigenvalue weighted by molar-refractivity contribution is 7.16. The summed E-state index contributed by atoms with van der Waals surface area (Å²) in [6.07, 6.45) is 4.02. The maximum absolute atomic E-state index is 12.7. The van der Waals surface area contributed by atoms with Crippen LogP contribution in [0.3, 0.4) is 0 Å². The summed E-state index contributed by atoms with van der Waals surface area (Å²) in [5.41, 5.74) is 3.02. The molecule has 0 saturated heterocycles. The number of carbonyl (C=O) groups is 1. The smallest absolute Gasteiger partial charge is 0.242 e. The summed E-state index contributed by atoms with van der Waals surface area (Å²) in [7, 11) is 3.84. The van der Waals surface area contributed by atoms with Crippen molar-refractivity contribution >= 4 is 22.2 Å². The van der Waals surface area contributed by atoms with Gasteiger partial charge in [0.1, 0.15) is 6.04 Å². The molecule has 0 aliphatic rings. The Morgan fingerprint density at radius 1 is 1.33 bits per heavy atom. The van der Waals surface area contributed by atoms with Crippen molar-refractivity contribution in [2.24, 2.45) is 0 Å². The number of aromatic nitrogens is 2. The average molecular weight is 342 g/mol. The largest absolute Gasteiger partial charge is 0.349 e. The highest BCUT2D eigenvalue weighted by Gasteiger charge is 2.23. The third kappa shape index (κ3) is 3.49. The second kappa shape index (κ2) is 6.75. The number of amides is 1. The molecule has 2 heterocycles. The van der Waals surface area contributed by atoms with Gasteiger partial charge in [-0.3, -0.25) is 14.1 Å². The van der Waals surface area contributed by atoms with Gasteiger partial charge in [0.2, 0.25) is 5.91 Å². The Labute approximate surface area is 145 Å². The van der Waals surface area contributed by atoms with Crippen LogP contribution in [0.1, 0.15) is 27.7 Å². The van der Waals surface area contributed by atoms with E-state index in [0.717, 1.165) is 21.8 Å². The maximum atomic E-state index is 12.7. The quantitative estimate of drug-likeness (QED) is 0.776. The van der Waals surface area contributed by atoms with Gasteiger partial charge < -0.3 is 5.32 Å². The summed E-state index contributed by atoms with van der Waals surface area (Å²) in [6.45, 7) is 4.53. The van der Waals surface area contributed by atoms with Gasteiger partial charge in [-0.1, -0.05) is 29.8 Å². The van der Waals surface area contributed by atoms with Crippen LogP contribution in [0.5, 0.6) is 0 Å². The van der Waals surface area contributed by atoms with Gasteiger partial charge in [0.25, 0.3) is 0 Å². The molecule has 0 aliphatic carbocycles. The monoisotopic (exact) mass is 342 g/mol.